The highest BCUT2D eigenvalue weighted by Gasteiger charge is 2.43. The van der Waals surface area contributed by atoms with Crippen LogP contribution in [0, 0.1) is 0 Å². The van der Waals surface area contributed by atoms with Crippen molar-refractivity contribution >= 4 is 19.3 Å². The molecule has 1 aliphatic carbocycles. The lowest BCUT2D eigenvalue weighted by atomic mass is 10.0. The lowest BCUT2D eigenvalue weighted by Crippen LogP contribution is -2.35. The first-order chi connectivity index (χ1) is 9.33. The summed E-state index contributed by atoms with van der Waals surface area (Å²) in [5, 5.41) is 21.7. The van der Waals surface area contributed by atoms with Crippen molar-refractivity contribution in [3.8, 4) is 0 Å². The van der Waals surface area contributed by atoms with Crippen LogP contribution in [-0.4, -0.2) is 28.7 Å². The third kappa shape index (κ3) is 2.76. The largest absolute Gasteiger partial charge is 0.550 e. The van der Waals surface area contributed by atoms with Crippen LogP contribution in [0.4, 0.5) is 0 Å². The van der Waals surface area contributed by atoms with E-state index in [1.807, 2.05) is 0 Å². The molecule has 0 aliphatic heterocycles. The quantitative estimate of drug-likeness (QED) is 0.686. The van der Waals surface area contributed by atoms with Crippen molar-refractivity contribution in [1.29, 1.82) is 0 Å². The van der Waals surface area contributed by atoms with Crippen LogP contribution in [0.1, 0.15) is 23.5 Å². The van der Waals surface area contributed by atoms with Gasteiger partial charge in [-0.05, 0) is 24.0 Å². The van der Waals surface area contributed by atoms with Gasteiger partial charge in [-0.1, -0.05) is 24.3 Å². The van der Waals surface area contributed by atoms with Crippen molar-refractivity contribution in [1.82, 2.24) is 0 Å². The Bertz CT molecular complexity index is 596. The molecular formula is C13H13O6P-2. The predicted octanol–water partition coefficient (Wildman–Crippen LogP) is -1.14. The fourth-order valence-corrected chi connectivity index (χ4v) is 4.72. The number of carboxylic acid groups (broad SMARTS) is 2. The number of rotatable bonds is 5. The standard InChI is InChI=1S/C13H15O6P/c14-11(15)5-6-20(18,19)10-7-8-3-1-2-4-9(8)12(10)13(16)17/h1-4,10,12H,5-7H2,(H,14,15)(H,16,17)(H,18,19)/p-2/t10-,12-/m1/s1. The number of fused-ring (bicyclic) bond motifs is 1. The molecule has 0 fully saturated rings. The zero-order valence-electron chi connectivity index (χ0n) is 10.5. The van der Waals surface area contributed by atoms with E-state index in [4.69, 9.17) is 0 Å². The van der Waals surface area contributed by atoms with Gasteiger partial charge in [0.05, 0.1) is 5.66 Å². The second kappa shape index (κ2) is 5.38. The van der Waals surface area contributed by atoms with Crippen molar-refractivity contribution in [2.45, 2.75) is 24.4 Å². The van der Waals surface area contributed by atoms with Gasteiger partial charge < -0.3 is 24.7 Å². The van der Waals surface area contributed by atoms with E-state index >= 15 is 0 Å². The fraction of sp³-hybridized carbons (Fsp3) is 0.385. The highest BCUT2D eigenvalue weighted by molar-refractivity contribution is 7.58. The Kier molecular flexibility index (Phi) is 3.97. The van der Waals surface area contributed by atoms with Gasteiger partial charge in [-0.15, -0.1) is 0 Å². The minimum absolute atomic E-state index is 0.135. The van der Waals surface area contributed by atoms with E-state index in [1.54, 1.807) is 24.3 Å². The normalized spacial score (nSPS) is 23.9. The van der Waals surface area contributed by atoms with E-state index < -0.39 is 43.5 Å². The summed E-state index contributed by atoms with van der Waals surface area (Å²) in [6.45, 7) is 0. The minimum Gasteiger partial charge on any atom is -0.550 e. The summed E-state index contributed by atoms with van der Waals surface area (Å²) in [4.78, 5) is 31.7. The number of hydrogen-bond donors (Lipinski definition) is 1. The molecule has 0 heterocycles. The second-order valence-corrected chi connectivity index (χ2v) is 7.49. The predicted molar refractivity (Wildman–Crippen MR) is 66.0 cm³/mol. The zero-order chi connectivity index (χ0) is 14.9. The summed E-state index contributed by atoms with van der Waals surface area (Å²) >= 11 is 0. The molecule has 1 aromatic carbocycles. The van der Waals surface area contributed by atoms with Crippen LogP contribution >= 0.6 is 7.37 Å². The smallest absolute Gasteiger partial charge is 0.205 e. The Morgan fingerprint density at radius 2 is 1.95 bits per heavy atom. The van der Waals surface area contributed by atoms with Crippen LogP contribution in [-0.2, 0) is 20.6 Å². The number of carbonyl (C=O) groups is 2. The lowest BCUT2D eigenvalue weighted by molar-refractivity contribution is -0.308. The highest BCUT2D eigenvalue weighted by Crippen LogP contribution is 2.56. The number of carbonyl (C=O) groups excluding carboxylic acids is 2. The van der Waals surface area contributed by atoms with Gasteiger partial charge in [-0.25, -0.2) is 0 Å². The van der Waals surface area contributed by atoms with Crippen molar-refractivity contribution in [2.75, 3.05) is 6.16 Å². The Labute approximate surface area is 115 Å². The Morgan fingerprint density at radius 3 is 2.55 bits per heavy atom. The van der Waals surface area contributed by atoms with Gasteiger partial charge in [0.15, 0.2) is 0 Å². The topological polar surface area (TPSA) is 118 Å². The van der Waals surface area contributed by atoms with Gasteiger partial charge in [0, 0.05) is 24.0 Å². The fourth-order valence-electron chi connectivity index (χ4n) is 2.65. The second-order valence-electron chi connectivity index (χ2n) is 4.87. The van der Waals surface area contributed by atoms with Gasteiger partial charge >= 0.3 is 0 Å². The van der Waals surface area contributed by atoms with Crippen molar-refractivity contribution < 1.29 is 29.3 Å². The van der Waals surface area contributed by atoms with Crippen LogP contribution in [0.25, 0.3) is 0 Å². The molecule has 0 aromatic heterocycles. The van der Waals surface area contributed by atoms with Gasteiger partial charge in [0.1, 0.15) is 0 Å². The molecule has 7 heteroatoms. The van der Waals surface area contributed by atoms with Crippen LogP contribution in [0.15, 0.2) is 24.3 Å². The molecule has 0 amide bonds. The Balaban J connectivity index is 2.31. The van der Waals surface area contributed by atoms with Crippen LogP contribution in [0.5, 0.6) is 0 Å². The average Bonchev–Trinajstić information content (AvgIpc) is 2.76. The summed E-state index contributed by atoms with van der Waals surface area (Å²) in [6.07, 6.45) is -0.923. The first kappa shape index (κ1) is 14.8. The van der Waals surface area contributed by atoms with Crippen LogP contribution in [0.2, 0.25) is 0 Å². The molecule has 20 heavy (non-hydrogen) atoms. The van der Waals surface area contributed by atoms with Crippen LogP contribution in [0.3, 0.4) is 0 Å². The molecule has 6 nitrogen and oxygen atoms in total. The maximum Gasteiger partial charge on any atom is 0.205 e. The summed E-state index contributed by atoms with van der Waals surface area (Å²) in [7, 11) is -3.93. The molecule has 1 aliphatic rings. The van der Waals surface area contributed by atoms with Gasteiger partial charge in [-0.2, -0.15) is 0 Å². The average molecular weight is 296 g/mol. The summed E-state index contributed by atoms with van der Waals surface area (Å²) < 4.78 is 12.3. The number of benzene rings is 1. The number of hydrogen-bond acceptors (Lipinski definition) is 5. The minimum atomic E-state index is -3.93. The Morgan fingerprint density at radius 1 is 1.30 bits per heavy atom. The maximum atomic E-state index is 12.3. The molecule has 1 unspecified atom stereocenters. The lowest BCUT2D eigenvalue weighted by Gasteiger charge is -2.26. The molecule has 108 valence electrons. The first-order valence-electron chi connectivity index (χ1n) is 6.13. The molecule has 0 bridgehead atoms. The molecular weight excluding hydrogens is 283 g/mol. The van der Waals surface area contributed by atoms with E-state index in [2.05, 4.69) is 0 Å². The van der Waals surface area contributed by atoms with Crippen molar-refractivity contribution in [2.24, 2.45) is 0 Å². The van der Waals surface area contributed by atoms with E-state index in [1.165, 1.54) is 0 Å². The van der Waals surface area contributed by atoms with Gasteiger partial charge in [0.25, 0.3) is 0 Å². The van der Waals surface area contributed by atoms with E-state index in [-0.39, 0.29) is 6.42 Å². The molecule has 0 saturated carbocycles. The molecule has 0 spiro atoms. The SMILES string of the molecule is O=C([O-])CCP(=O)(O)[C@@H]1Cc2ccccc2[C@H]1C(=O)[O-]. The summed E-state index contributed by atoms with van der Waals surface area (Å²) in [6, 6.07) is 6.66. The molecule has 2 rings (SSSR count). The van der Waals surface area contributed by atoms with Gasteiger partial charge in [-0.3, -0.25) is 4.57 Å². The van der Waals surface area contributed by atoms with Crippen molar-refractivity contribution in [3.63, 3.8) is 0 Å². The summed E-state index contributed by atoms with van der Waals surface area (Å²) in [5.41, 5.74) is 0.124. The Hall–Kier alpha value is -1.65. The zero-order valence-corrected chi connectivity index (χ0v) is 11.4. The summed E-state index contributed by atoms with van der Waals surface area (Å²) in [5.74, 6) is -4.02. The number of aliphatic carboxylic acids is 2. The van der Waals surface area contributed by atoms with E-state index in [0.717, 1.165) is 0 Å². The first-order valence-corrected chi connectivity index (χ1v) is 8.04. The third-order valence-corrected chi connectivity index (χ3v) is 5.99. The van der Waals surface area contributed by atoms with Gasteiger partial charge in [0.2, 0.25) is 7.37 Å². The van der Waals surface area contributed by atoms with E-state index in [9.17, 15) is 29.3 Å². The third-order valence-electron chi connectivity index (χ3n) is 3.61. The molecule has 0 saturated heterocycles. The van der Waals surface area contributed by atoms with E-state index in [0.29, 0.717) is 11.1 Å². The molecule has 1 aromatic rings. The molecule has 3 atom stereocenters. The maximum absolute atomic E-state index is 12.3. The molecule has 1 N–H and O–H groups in total. The van der Waals surface area contributed by atoms with Crippen LogP contribution < -0.4 is 10.2 Å². The number of carboxylic acids is 2. The highest BCUT2D eigenvalue weighted by atomic mass is 31.2. The van der Waals surface area contributed by atoms with Crippen molar-refractivity contribution in [3.05, 3.63) is 35.4 Å². The molecule has 0 radical (unpaired) electrons. The monoisotopic (exact) mass is 296 g/mol.